The van der Waals surface area contributed by atoms with Crippen LogP contribution in [0, 0.1) is 6.92 Å². The van der Waals surface area contributed by atoms with Gasteiger partial charge in [0.05, 0.1) is 6.61 Å². The lowest BCUT2D eigenvalue weighted by Crippen LogP contribution is -2.11. The molecule has 1 aromatic carbocycles. The van der Waals surface area contributed by atoms with Crippen LogP contribution in [0.2, 0.25) is 0 Å². The Morgan fingerprint density at radius 2 is 2.06 bits per heavy atom. The summed E-state index contributed by atoms with van der Waals surface area (Å²) in [6.45, 7) is 6.52. The van der Waals surface area contributed by atoms with Crippen LogP contribution in [0.3, 0.4) is 0 Å². The zero-order valence-corrected chi connectivity index (χ0v) is 11.3. The standard InChI is InChI=1S/C13H21O2P/c1-4-6-10-16(14,15-5-2)13-9-7-8-12(3)11-13/h7-9,11H,4-6,10H2,1-3H3. The van der Waals surface area contributed by atoms with Gasteiger partial charge in [-0.1, -0.05) is 31.0 Å². The Bertz CT molecular complexity index is 374. The van der Waals surface area contributed by atoms with Crippen molar-refractivity contribution >= 4 is 12.7 Å². The number of rotatable bonds is 6. The Morgan fingerprint density at radius 1 is 1.31 bits per heavy atom. The van der Waals surface area contributed by atoms with Crippen molar-refractivity contribution in [3.8, 4) is 0 Å². The summed E-state index contributed by atoms with van der Waals surface area (Å²) in [6, 6.07) is 7.85. The van der Waals surface area contributed by atoms with Crippen molar-refractivity contribution in [2.45, 2.75) is 33.6 Å². The van der Waals surface area contributed by atoms with Gasteiger partial charge in [-0.25, -0.2) is 0 Å². The highest BCUT2D eigenvalue weighted by molar-refractivity contribution is 7.67. The maximum absolute atomic E-state index is 12.7. The fourth-order valence-electron chi connectivity index (χ4n) is 1.68. The van der Waals surface area contributed by atoms with E-state index in [1.807, 2.05) is 38.1 Å². The van der Waals surface area contributed by atoms with Crippen LogP contribution in [0.15, 0.2) is 24.3 Å². The van der Waals surface area contributed by atoms with Crippen molar-refractivity contribution in [3.63, 3.8) is 0 Å². The summed E-state index contributed by atoms with van der Waals surface area (Å²) in [4.78, 5) is 0. The van der Waals surface area contributed by atoms with Crippen LogP contribution in [0.5, 0.6) is 0 Å². The molecule has 90 valence electrons. The summed E-state index contributed by atoms with van der Waals surface area (Å²) in [5.74, 6) is 0. The molecule has 1 atom stereocenters. The molecule has 2 nitrogen and oxygen atoms in total. The van der Waals surface area contributed by atoms with E-state index in [1.54, 1.807) is 0 Å². The fraction of sp³-hybridized carbons (Fsp3) is 0.538. The normalized spacial score (nSPS) is 14.7. The second-order valence-electron chi connectivity index (χ2n) is 4.01. The van der Waals surface area contributed by atoms with Crippen molar-refractivity contribution in [2.24, 2.45) is 0 Å². The van der Waals surface area contributed by atoms with E-state index in [4.69, 9.17) is 4.52 Å². The van der Waals surface area contributed by atoms with Crippen LogP contribution >= 0.6 is 7.37 Å². The van der Waals surface area contributed by atoms with E-state index in [0.29, 0.717) is 12.8 Å². The van der Waals surface area contributed by atoms with Gasteiger partial charge in [0.2, 0.25) is 7.37 Å². The van der Waals surface area contributed by atoms with Gasteiger partial charge in [-0.05, 0) is 32.4 Å². The van der Waals surface area contributed by atoms with E-state index in [1.165, 1.54) is 0 Å². The summed E-state index contributed by atoms with van der Waals surface area (Å²) in [6.07, 6.45) is 2.65. The molecule has 0 aliphatic carbocycles. The monoisotopic (exact) mass is 240 g/mol. The number of benzene rings is 1. The number of unbranched alkanes of at least 4 members (excludes halogenated alkanes) is 1. The van der Waals surface area contributed by atoms with Crippen molar-refractivity contribution in [1.82, 2.24) is 0 Å². The summed E-state index contributed by atoms with van der Waals surface area (Å²) in [7, 11) is -2.62. The summed E-state index contributed by atoms with van der Waals surface area (Å²) in [5, 5.41) is 0.864. The van der Waals surface area contributed by atoms with Gasteiger partial charge in [0.25, 0.3) is 0 Å². The van der Waals surface area contributed by atoms with E-state index in [0.717, 1.165) is 23.7 Å². The minimum Gasteiger partial charge on any atom is -0.326 e. The summed E-state index contributed by atoms with van der Waals surface area (Å²) >= 11 is 0. The Balaban J connectivity index is 2.96. The van der Waals surface area contributed by atoms with Gasteiger partial charge in [-0.2, -0.15) is 0 Å². The third-order valence-corrected chi connectivity index (χ3v) is 5.18. The molecule has 0 aliphatic heterocycles. The zero-order chi connectivity index (χ0) is 12.0. The first-order valence-electron chi connectivity index (χ1n) is 5.93. The lowest BCUT2D eigenvalue weighted by molar-refractivity contribution is 0.340. The third kappa shape index (κ3) is 3.47. The largest absolute Gasteiger partial charge is 0.326 e. The van der Waals surface area contributed by atoms with Gasteiger partial charge in [-0.3, -0.25) is 4.57 Å². The van der Waals surface area contributed by atoms with Crippen molar-refractivity contribution in [1.29, 1.82) is 0 Å². The Kier molecular flexibility index (Phi) is 5.24. The molecule has 1 aromatic rings. The molecule has 0 radical (unpaired) electrons. The molecule has 0 amide bonds. The molecule has 0 N–H and O–H groups in total. The second-order valence-corrected chi connectivity index (χ2v) is 6.58. The Morgan fingerprint density at radius 3 is 2.62 bits per heavy atom. The topological polar surface area (TPSA) is 26.3 Å². The minimum absolute atomic E-state index is 0.509. The fourth-order valence-corrected chi connectivity index (χ4v) is 4.08. The van der Waals surface area contributed by atoms with E-state index >= 15 is 0 Å². The van der Waals surface area contributed by atoms with Crippen LogP contribution in [-0.2, 0) is 9.09 Å². The molecule has 0 saturated heterocycles. The number of hydrogen-bond donors (Lipinski definition) is 0. The molecule has 0 saturated carbocycles. The van der Waals surface area contributed by atoms with E-state index in [-0.39, 0.29) is 0 Å². The summed E-state index contributed by atoms with van der Waals surface area (Å²) < 4.78 is 18.2. The smallest absolute Gasteiger partial charge is 0.232 e. The van der Waals surface area contributed by atoms with Gasteiger partial charge in [0.1, 0.15) is 0 Å². The first kappa shape index (κ1) is 13.5. The number of hydrogen-bond acceptors (Lipinski definition) is 2. The van der Waals surface area contributed by atoms with Crippen LogP contribution in [0.4, 0.5) is 0 Å². The molecule has 16 heavy (non-hydrogen) atoms. The maximum atomic E-state index is 12.7. The second kappa shape index (κ2) is 6.22. The summed E-state index contributed by atoms with van der Waals surface area (Å²) in [5.41, 5.74) is 1.13. The molecule has 0 aliphatic rings. The van der Waals surface area contributed by atoms with Gasteiger partial charge in [0, 0.05) is 11.5 Å². The highest BCUT2D eigenvalue weighted by Gasteiger charge is 2.24. The van der Waals surface area contributed by atoms with E-state index < -0.39 is 7.37 Å². The first-order valence-corrected chi connectivity index (χ1v) is 7.74. The first-order chi connectivity index (χ1) is 7.62. The quantitative estimate of drug-likeness (QED) is 0.708. The molecule has 0 fully saturated rings. The molecule has 0 aromatic heterocycles. The van der Waals surface area contributed by atoms with Gasteiger partial charge >= 0.3 is 0 Å². The SMILES string of the molecule is CCCCP(=O)(OCC)c1cccc(C)c1. The van der Waals surface area contributed by atoms with Gasteiger partial charge in [0.15, 0.2) is 0 Å². The van der Waals surface area contributed by atoms with Crippen LogP contribution in [0.25, 0.3) is 0 Å². The van der Waals surface area contributed by atoms with Crippen molar-refractivity contribution in [2.75, 3.05) is 12.8 Å². The minimum atomic E-state index is -2.62. The highest BCUT2D eigenvalue weighted by atomic mass is 31.2. The highest BCUT2D eigenvalue weighted by Crippen LogP contribution is 2.46. The molecular formula is C13H21O2P. The predicted octanol–water partition coefficient (Wildman–Crippen LogP) is 3.74. The van der Waals surface area contributed by atoms with Crippen LogP contribution < -0.4 is 5.30 Å². The maximum Gasteiger partial charge on any atom is 0.232 e. The average molecular weight is 240 g/mol. The average Bonchev–Trinajstić information content (AvgIpc) is 2.27. The van der Waals surface area contributed by atoms with Crippen molar-refractivity contribution < 1.29 is 9.09 Å². The predicted molar refractivity (Wildman–Crippen MR) is 69.8 cm³/mol. The molecule has 3 heteroatoms. The van der Waals surface area contributed by atoms with Gasteiger partial charge < -0.3 is 4.52 Å². The molecule has 0 bridgehead atoms. The molecule has 1 rings (SSSR count). The van der Waals surface area contributed by atoms with E-state index in [9.17, 15) is 4.57 Å². The molecule has 1 unspecified atom stereocenters. The Labute approximate surface area is 98.5 Å². The van der Waals surface area contributed by atoms with Crippen molar-refractivity contribution in [3.05, 3.63) is 29.8 Å². The number of aryl methyl sites for hydroxylation is 1. The van der Waals surface area contributed by atoms with E-state index in [2.05, 4.69) is 6.92 Å². The molecule has 0 spiro atoms. The third-order valence-electron chi connectivity index (χ3n) is 2.54. The van der Waals surface area contributed by atoms with Crippen LogP contribution in [0.1, 0.15) is 32.3 Å². The molecular weight excluding hydrogens is 219 g/mol. The lowest BCUT2D eigenvalue weighted by atomic mass is 10.2. The lowest BCUT2D eigenvalue weighted by Gasteiger charge is -2.18. The molecule has 0 heterocycles. The van der Waals surface area contributed by atoms with Gasteiger partial charge in [-0.15, -0.1) is 0 Å². The Hall–Kier alpha value is -0.590. The van der Waals surface area contributed by atoms with Crippen LogP contribution in [-0.4, -0.2) is 12.8 Å². The zero-order valence-electron chi connectivity index (χ0n) is 10.4.